The molecule has 0 radical (unpaired) electrons. The Kier molecular flexibility index (Phi) is 5.96. The maximum Gasteiger partial charge on any atom is 0.416 e. The van der Waals surface area contributed by atoms with Gasteiger partial charge in [0.15, 0.2) is 0 Å². The van der Waals surface area contributed by atoms with Crippen molar-refractivity contribution in [1.82, 2.24) is 4.98 Å². The van der Waals surface area contributed by atoms with Gasteiger partial charge in [-0.2, -0.15) is 26.3 Å². The van der Waals surface area contributed by atoms with E-state index in [9.17, 15) is 31.1 Å². The van der Waals surface area contributed by atoms with E-state index in [4.69, 9.17) is 0 Å². The number of piperidine rings is 1. The van der Waals surface area contributed by atoms with Crippen LogP contribution in [0, 0.1) is 5.92 Å². The van der Waals surface area contributed by atoms with Gasteiger partial charge in [0, 0.05) is 18.7 Å². The van der Waals surface area contributed by atoms with E-state index in [1.165, 1.54) is 12.3 Å². The molecular weight excluding hydrogens is 412 g/mol. The highest BCUT2D eigenvalue weighted by molar-refractivity contribution is 6.04. The zero-order valence-electron chi connectivity index (χ0n) is 15.9. The van der Waals surface area contributed by atoms with Gasteiger partial charge in [0.2, 0.25) is 0 Å². The summed E-state index contributed by atoms with van der Waals surface area (Å²) in [4.78, 5) is 18.6. The van der Waals surface area contributed by atoms with E-state index in [-0.39, 0.29) is 11.8 Å². The van der Waals surface area contributed by atoms with Gasteiger partial charge in [0.25, 0.3) is 5.91 Å². The molecule has 0 unspecified atom stereocenters. The van der Waals surface area contributed by atoms with Gasteiger partial charge in [-0.1, -0.05) is 6.92 Å². The molecule has 0 bridgehead atoms. The van der Waals surface area contributed by atoms with Crippen LogP contribution in [0.15, 0.2) is 36.5 Å². The number of pyridine rings is 1. The first-order valence-corrected chi connectivity index (χ1v) is 9.25. The summed E-state index contributed by atoms with van der Waals surface area (Å²) in [6.45, 7) is 3.84. The minimum atomic E-state index is -5.02. The van der Waals surface area contributed by atoms with Crippen LogP contribution in [-0.2, 0) is 12.4 Å². The zero-order chi connectivity index (χ0) is 22.1. The molecule has 10 heteroatoms. The summed E-state index contributed by atoms with van der Waals surface area (Å²) in [6.07, 6.45) is -6.67. The van der Waals surface area contributed by atoms with Crippen LogP contribution in [0.1, 0.15) is 41.3 Å². The molecule has 1 fully saturated rings. The summed E-state index contributed by atoms with van der Waals surface area (Å²) in [5, 5.41) is 2.30. The van der Waals surface area contributed by atoms with Crippen molar-refractivity contribution in [3.05, 3.63) is 53.2 Å². The quantitative estimate of drug-likeness (QED) is 0.643. The van der Waals surface area contributed by atoms with Crippen molar-refractivity contribution in [2.45, 2.75) is 32.1 Å². The van der Waals surface area contributed by atoms with Crippen molar-refractivity contribution < 1.29 is 31.1 Å². The number of aromatic nitrogens is 1. The molecule has 1 aliphatic rings. The minimum Gasteiger partial charge on any atom is -0.357 e. The monoisotopic (exact) mass is 431 g/mol. The summed E-state index contributed by atoms with van der Waals surface area (Å²) in [5.41, 5.74) is -3.67. The molecule has 2 aromatic rings. The number of hydrogen-bond donors (Lipinski definition) is 1. The largest absolute Gasteiger partial charge is 0.416 e. The first-order valence-electron chi connectivity index (χ1n) is 9.25. The second-order valence-electron chi connectivity index (χ2n) is 7.32. The molecule has 1 aliphatic heterocycles. The van der Waals surface area contributed by atoms with Crippen LogP contribution in [-0.4, -0.2) is 24.0 Å². The van der Waals surface area contributed by atoms with E-state index in [0.717, 1.165) is 25.9 Å². The summed E-state index contributed by atoms with van der Waals surface area (Å²) < 4.78 is 77.7. The Labute approximate surface area is 168 Å². The number of amides is 1. The van der Waals surface area contributed by atoms with E-state index in [1.54, 1.807) is 6.07 Å². The fourth-order valence-electron chi connectivity index (χ4n) is 3.17. The van der Waals surface area contributed by atoms with Crippen LogP contribution in [0.3, 0.4) is 0 Å². The van der Waals surface area contributed by atoms with Crippen molar-refractivity contribution in [1.29, 1.82) is 0 Å². The van der Waals surface area contributed by atoms with Crippen LogP contribution in [0.25, 0.3) is 0 Å². The van der Waals surface area contributed by atoms with Crippen molar-refractivity contribution in [3.63, 3.8) is 0 Å². The number of nitrogens with one attached hydrogen (secondary N) is 1. The molecule has 0 saturated carbocycles. The standard InChI is InChI=1S/C20H19F6N3O/c1-12-4-6-29(7-5-12)17-3-2-16(11-27-17)28-18(30)13-8-14(19(21,22)23)10-15(9-13)20(24,25)26/h2-3,8-12H,4-7H2,1H3,(H,28,30). The van der Waals surface area contributed by atoms with Gasteiger partial charge in [-0.05, 0) is 49.1 Å². The first-order chi connectivity index (χ1) is 13.9. The second-order valence-corrected chi connectivity index (χ2v) is 7.32. The summed E-state index contributed by atoms with van der Waals surface area (Å²) in [5.74, 6) is 0.236. The minimum absolute atomic E-state index is 0.0212. The highest BCUT2D eigenvalue weighted by Gasteiger charge is 2.37. The van der Waals surface area contributed by atoms with Gasteiger partial charge in [-0.15, -0.1) is 0 Å². The van der Waals surface area contributed by atoms with Crippen molar-refractivity contribution >= 4 is 17.4 Å². The molecule has 1 amide bonds. The lowest BCUT2D eigenvalue weighted by Crippen LogP contribution is -2.33. The molecule has 1 aromatic heterocycles. The average Bonchev–Trinajstić information content (AvgIpc) is 2.67. The van der Waals surface area contributed by atoms with Gasteiger partial charge >= 0.3 is 12.4 Å². The maximum absolute atomic E-state index is 13.0. The normalized spacial score (nSPS) is 15.9. The molecular formula is C20H19F6N3O. The van der Waals surface area contributed by atoms with Gasteiger partial charge in [-0.3, -0.25) is 4.79 Å². The molecule has 162 valence electrons. The van der Waals surface area contributed by atoms with Crippen molar-refractivity contribution in [2.24, 2.45) is 5.92 Å². The number of halogens is 6. The summed E-state index contributed by atoms with van der Waals surface area (Å²) in [6, 6.07) is 3.92. The van der Waals surface area contributed by atoms with Crippen molar-refractivity contribution in [3.8, 4) is 0 Å². The number of hydrogen-bond acceptors (Lipinski definition) is 3. The molecule has 4 nitrogen and oxygen atoms in total. The van der Waals surface area contributed by atoms with Crippen LogP contribution >= 0.6 is 0 Å². The molecule has 1 N–H and O–H groups in total. The van der Waals surface area contributed by atoms with Gasteiger partial charge in [-0.25, -0.2) is 4.98 Å². The molecule has 1 aromatic carbocycles. The third kappa shape index (κ3) is 5.22. The molecule has 3 rings (SSSR count). The number of nitrogens with zero attached hydrogens (tertiary/aromatic N) is 2. The summed E-state index contributed by atoms with van der Waals surface area (Å²) >= 11 is 0. The predicted molar refractivity (Wildman–Crippen MR) is 99.2 cm³/mol. The fraction of sp³-hybridized carbons (Fsp3) is 0.400. The lowest BCUT2D eigenvalue weighted by atomic mass is 9.99. The van der Waals surface area contributed by atoms with Crippen molar-refractivity contribution in [2.75, 3.05) is 23.3 Å². The Balaban J connectivity index is 1.78. The first kappa shape index (κ1) is 21.9. The van der Waals surface area contributed by atoms with Crippen LogP contribution < -0.4 is 10.2 Å². The number of alkyl halides is 6. The Morgan fingerprint density at radius 2 is 1.57 bits per heavy atom. The van der Waals surface area contributed by atoms with Gasteiger partial charge in [0.05, 0.1) is 23.0 Å². The maximum atomic E-state index is 13.0. The average molecular weight is 431 g/mol. The Bertz CT molecular complexity index is 868. The number of rotatable bonds is 3. The highest BCUT2D eigenvalue weighted by atomic mass is 19.4. The number of carbonyl (C=O) groups is 1. The summed E-state index contributed by atoms with van der Waals surface area (Å²) in [7, 11) is 0. The Morgan fingerprint density at radius 1 is 1.00 bits per heavy atom. The third-order valence-corrected chi connectivity index (χ3v) is 4.96. The topological polar surface area (TPSA) is 45.2 Å². The predicted octanol–water partition coefficient (Wildman–Crippen LogP) is 5.61. The molecule has 1 saturated heterocycles. The smallest absolute Gasteiger partial charge is 0.357 e. The van der Waals surface area contributed by atoms with E-state index >= 15 is 0 Å². The molecule has 0 spiro atoms. The Morgan fingerprint density at radius 3 is 2.03 bits per heavy atom. The Hall–Kier alpha value is -2.78. The van der Waals surface area contributed by atoms with E-state index < -0.39 is 35.0 Å². The zero-order valence-corrected chi connectivity index (χ0v) is 15.9. The van der Waals surface area contributed by atoms with Gasteiger partial charge in [0.1, 0.15) is 5.82 Å². The third-order valence-electron chi connectivity index (χ3n) is 4.96. The molecule has 30 heavy (non-hydrogen) atoms. The van der Waals surface area contributed by atoms with Crippen LogP contribution in [0.2, 0.25) is 0 Å². The molecule has 2 heterocycles. The molecule has 0 aliphatic carbocycles. The van der Waals surface area contributed by atoms with Crippen LogP contribution in [0.5, 0.6) is 0 Å². The van der Waals surface area contributed by atoms with E-state index in [2.05, 4.69) is 22.1 Å². The SMILES string of the molecule is CC1CCN(c2ccc(NC(=O)c3cc(C(F)(F)F)cc(C(F)(F)F)c3)cn2)CC1. The van der Waals surface area contributed by atoms with E-state index in [1.807, 2.05) is 0 Å². The molecule has 0 atom stereocenters. The number of anilines is 2. The second kappa shape index (κ2) is 8.16. The van der Waals surface area contributed by atoms with Gasteiger partial charge < -0.3 is 10.2 Å². The highest BCUT2D eigenvalue weighted by Crippen LogP contribution is 2.36. The fourth-order valence-corrected chi connectivity index (χ4v) is 3.17. The van der Waals surface area contributed by atoms with Crippen LogP contribution in [0.4, 0.5) is 37.8 Å². The lowest BCUT2D eigenvalue weighted by Gasteiger charge is -2.31. The van der Waals surface area contributed by atoms with E-state index in [0.29, 0.717) is 23.9 Å². The number of carbonyl (C=O) groups excluding carboxylic acids is 1. The number of benzene rings is 1. The lowest BCUT2D eigenvalue weighted by molar-refractivity contribution is -0.143.